The molecule has 1 unspecified atom stereocenters. The Morgan fingerprint density at radius 1 is 1.05 bits per heavy atom. The Kier molecular flexibility index (Phi) is 6.97. The van der Waals surface area contributed by atoms with Crippen molar-refractivity contribution in [2.24, 2.45) is 5.92 Å². The lowest BCUT2D eigenvalue weighted by atomic mass is 9.88. The quantitative estimate of drug-likeness (QED) is 0.835. The number of rotatable bonds is 3. The molecule has 0 spiro atoms. The molecule has 2 saturated heterocycles. The molecule has 2 heterocycles. The minimum Gasteiger partial charge on any atom is -0.352 e. The van der Waals surface area contributed by atoms with Gasteiger partial charge in [-0.15, -0.1) is 12.4 Å². The third kappa shape index (κ3) is 4.59. The lowest BCUT2D eigenvalue weighted by molar-refractivity contribution is -0.123. The van der Waals surface area contributed by atoms with Crippen molar-refractivity contribution in [3.63, 3.8) is 0 Å². The van der Waals surface area contributed by atoms with Gasteiger partial charge in [-0.3, -0.25) is 4.79 Å². The van der Waals surface area contributed by atoms with Gasteiger partial charge in [-0.05, 0) is 76.9 Å². The minimum atomic E-state index is 0. The maximum Gasteiger partial charge on any atom is 0.237 e. The van der Waals surface area contributed by atoms with Crippen LogP contribution in [0.2, 0.25) is 0 Å². The van der Waals surface area contributed by atoms with Crippen LogP contribution in [0.4, 0.5) is 0 Å². The molecule has 3 fully saturated rings. The summed E-state index contributed by atoms with van der Waals surface area (Å²) in [6, 6.07) is 1.27. The number of carbonyl (C=O) groups is 1. The molecule has 0 bridgehead atoms. The highest BCUT2D eigenvalue weighted by molar-refractivity contribution is 5.85. The molecule has 0 aromatic heterocycles. The van der Waals surface area contributed by atoms with Gasteiger partial charge >= 0.3 is 0 Å². The second kappa shape index (κ2) is 8.51. The van der Waals surface area contributed by atoms with E-state index in [-0.39, 0.29) is 24.4 Å². The standard InChI is InChI=1S/C17H31N3O.ClH/c1-13-8-11-20(12-9-13)15-6-4-14(5-7-15)19-17(21)16-3-2-10-18-16;/h13-16,18H,2-12H2,1H3,(H,19,21);1H. The van der Waals surface area contributed by atoms with E-state index in [1.54, 1.807) is 0 Å². The molecule has 1 aliphatic carbocycles. The van der Waals surface area contributed by atoms with Gasteiger partial charge in [0.25, 0.3) is 0 Å². The van der Waals surface area contributed by atoms with Crippen LogP contribution >= 0.6 is 12.4 Å². The average molecular weight is 330 g/mol. The van der Waals surface area contributed by atoms with Gasteiger partial charge in [0.1, 0.15) is 0 Å². The molecular formula is C17H32ClN3O. The van der Waals surface area contributed by atoms with E-state index in [9.17, 15) is 4.79 Å². The van der Waals surface area contributed by atoms with Gasteiger partial charge in [-0.2, -0.15) is 0 Å². The van der Waals surface area contributed by atoms with Crippen molar-refractivity contribution in [2.45, 2.75) is 76.4 Å². The zero-order chi connectivity index (χ0) is 14.7. The number of piperidine rings is 1. The van der Waals surface area contributed by atoms with Crippen molar-refractivity contribution in [2.75, 3.05) is 19.6 Å². The van der Waals surface area contributed by atoms with Crippen LogP contribution in [0.15, 0.2) is 0 Å². The fourth-order valence-electron chi connectivity index (χ4n) is 4.19. The summed E-state index contributed by atoms with van der Waals surface area (Å²) in [5, 5.41) is 6.56. The van der Waals surface area contributed by atoms with Crippen molar-refractivity contribution >= 4 is 18.3 Å². The van der Waals surface area contributed by atoms with Gasteiger partial charge in [-0.1, -0.05) is 6.92 Å². The Bertz CT molecular complexity index is 344. The zero-order valence-electron chi connectivity index (χ0n) is 13.9. The van der Waals surface area contributed by atoms with E-state index in [2.05, 4.69) is 22.5 Å². The molecular weight excluding hydrogens is 298 g/mol. The van der Waals surface area contributed by atoms with Gasteiger partial charge in [-0.25, -0.2) is 0 Å². The smallest absolute Gasteiger partial charge is 0.237 e. The highest BCUT2D eigenvalue weighted by atomic mass is 35.5. The van der Waals surface area contributed by atoms with Gasteiger partial charge in [0.15, 0.2) is 0 Å². The molecule has 1 amide bonds. The number of nitrogens with one attached hydrogen (secondary N) is 2. The maximum atomic E-state index is 12.1. The predicted octanol–water partition coefficient (Wildman–Crippen LogP) is 2.32. The highest BCUT2D eigenvalue weighted by Crippen LogP contribution is 2.27. The number of halogens is 1. The monoisotopic (exact) mass is 329 g/mol. The molecule has 2 aliphatic heterocycles. The second-order valence-electron chi connectivity index (χ2n) is 7.38. The molecule has 22 heavy (non-hydrogen) atoms. The zero-order valence-corrected chi connectivity index (χ0v) is 14.7. The number of amides is 1. The van der Waals surface area contributed by atoms with Crippen molar-refractivity contribution < 1.29 is 4.79 Å². The van der Waals surface area contributed by atoms with Gasteiger partial charge in [0, 0.05) is 12.1 Å². The van der Waals surface area contributed by atoms with E-state index in [0.29, 0.717) is 6.04 Å². The summed E-state index contributed by atoms with van der Waals surface area (Å²) in [5.41, 5.74) is 0. The molecule has 4 nitrogen and oxygen atoms in total. The molecule has 3 rings (SSSR count). The van der Waals surface area contributed by atoms with Crippen molar-refractivity contribution in [3.8, 4) is 0 Å². The average Bonchev–Trinajstić information content (AvgIpc) is 3.03. The van der Waals surface area contributed by atoms with Gasteiger partial charge in [0.05, 0.1) is 6.04 Å². The number of carbonyl (C=O) groups excluding carboxylic acids is 1. The number of hydrogen-bond donors (Lipinski definition) is 2. The summed E-state index contributed by atoms with van der Waals surface area (Å²) in [7, 11) is 0. The SMILES string of the molecule is CC1CCN(C2CCC(NC(=O)C3CCCN3)CC2)CC1.Cl. The predicted molar refractivity (Wildman–Crippen MR) is 92.4 cm³/mol. The molecule has 0 aromatic carbocycles. The first kappa shape index (κ1) is 18.0. The Hall–Kier alpha value is -0.320. The highest BCUT2D eigenvalue weighted by Gasteiger charge is 2.30. The Balaban J connectivity index is 0.00000176. The van der Waals surface area contributed by atoms with Crippen LogP contribution in [-0.2, 0) is 4.79 Å². The lowest BCUT2D eigenvalue weighted by Gasteiger charge is -2.40. The van der Waals surface area contributed by atoms with Crippen LogP contribution in [0, 0.1) is 5.92 Å². The minimum absolute atomic E-state index is 0. The van der Waals surface area contributed by atoms with Crippen LogP contribution in [0.25, 0.3) is 0 Å². The molecule has 0 aromatic rings. The molecule has 128 valence electrons. The van der Waals surface area contributed by atoms with Crippen molar-refractivity contribution in [1.82, 2.24) is 15.5 Å². The van der Waals surface area contributed by atoms with Crippen LogP contribution in [0.3, 0.4) is 0 Å². The van der Waals surface area contributed by atoms with E-state index < -0.39 is 0 Å². The summed E-state index contributed by atoms with van der Waals surface area (Å²) < 4.78 is 0. The van der Waals surface area contributed by atoms with Crippen LogP contribution in [0.1, 0.15) is 58.3 Å². The first-order valence-corrected chi connectivity index (χ1v) is 9.00. The summed E-state index contributed by atoms with van der Waals surface area (Å²) in [6.45, 7) is 5.95. The van der Waals surface area contributed by atoms with E-state index in [1.165, 1.54) is 38.8 Å². The number of nitrogens with zero attached hydrogens (tertiary/aromatic N) is 1. The van der Waals surface area contributed by atoms with Gasteiger partial charge < -0.3 is 15.5 Å². The lowest BCUT2D eigenvalue weighted by Crippen LogP contribution is -2.49. The Morgan fingerprint density at radius 2 is 1.73 bits per heavy atom. The van der Waals surface area contributed by atoms with E-state index in [4.69, 9.17) is 0 Å². The third-order valence-corrected chi connectivity index (χ3v) is 5.75. The first-order valence-electron chi connectivity index (χ1n) is 9.00. The first-order chi connectivity index (χ1) is 10.2. The van der Waals surface area contributed by atoms with E-state index in [1.807, 2.05) is 0 Å². The Morgan fingerprint density at radius 3 is 2.32 bits per heavy atom. The Labute approximate surface area is 141 Å². The van der Waals surface area contributed by atoms with E-state index >= 15 is 0 Å². The molecule has 5 heteroatoms. The summed E-state index contributed by atoms with van der Waals surface area (Å²) in [4.78, 5) is 14.9. The topological polar surface area (TPSA) is 44.4 Å². The third-order valence-electron chi connectivity index (χ3n) is 5.75. The fraction of sp³-hybridized carbons (Fsp3) is 0.941. The fourth-order valence-corrected chi connectivity index (χ4v) is 4.19. The summed E-state index contributed by atoms with van der Waals surface area (Å²) in [6.07, 6.45) is 9.72. The van der Waals surface area contributed by atoms with Crippen LogP contribution in [-0.4, -0.2) is 48.6 Å². The normalized spacial score (nSPS) is 34.1. The maximum absolute atomic E-state index is 12.1. The molecule has 1 saturated carbocycles. The number of likely N-dealkylation sites (tertiary alicyclic amines) is 1. The van der Waals surface area contributed by atoms with Crippen LogP contribution in [0.5, 0.6) is 0 Å². The molecule has 2 N–H and O–H groups in total. The van der Waals surface area contributed by atoms with Crippen molar-refractivity contribution in [1.29, 1.82) is 0 Å². The summed E-state index contributed by atoms with van der Waals surface area (Å²) >= 11 is 0. The van der Waals surface area contributed by atoms with Gasteiger partial charge in [0.2, 0.25) is 5.91 Å². The molecule has 3 aliphatic rings. The number of hydrogen-bond acceptors (Lipinski definition) is 3. The van der Waals surface area contributed by atoms with Crippen LogP contribution < -0.4 is 10.6 Å². The summed E-state index contributed by atoms with van der Waals surface area (Å²) in [5.74, 6) is 1.15. The largest absolute Gasteiger partial charge is 0.352 e. The molecule has 0 radical (unpaired) electrons. The second-order valence-corrected chi connectivity index (χ2v) is 7.38. The van der Waals surface area contributed by atoms with Crippen molar-refractivity contribution in [3.05, 3.63) is 0 Å². The molecule has 1 atom stereocenters. The van der Waals surface area contributed by atoms with E-state index in [0.717, 1.165) is 44.2 Å².